The first-order chi connectivity index (χ1) is 12.9. The third-order valence-electron chi connectivity index (χ3n) is 3.07. The van der Waals surface area contributed by atoms with Crippen LogP contribution in [-0.2, 0) is 40.0 Å². The van der Waals surface area contributed by atoms with Gasteiger partial charge in [0.2, 0.25) is 0 Å². The molecule has 1 aromatic rings. The van der Waals surface area contributed by atoms with Gasteiger partial charge in [-0.1, -0.05) is 18.2 Å². The van der Waals surface area contributed by atoms with Crippen molar-refractivity contribution in [3.8, 4) is 5.75 Å². The van der Waals surface area contributed by atoms with Gasteiger partial charge in [-0.3, -0.25) is 0 Å². The van der Waals surface area contributed by atoms with Crippen molar-refractivity contribution in [1.29, 1.82) is 0 Å². The number of ether oxygens (including phenoxy) is 1. The molecule has 0 saturated heterocycles. The Bertz CT molecular complexity index is 871. The van der Waals surface area contributed by atoms with E-state index in [0.29, 0.717) is 0 Å². The second-order valence-corrected chi connectivity index (χ2v) is 7.89. The van der Waals surface area contributed by atoms with Gasteiger partial charge in [-0.25, -0.2) is 16.8 Å². The molecule has 15 N–H and O–H groups in total. The molecule has 0 saturated carbocycles. The molecule has 12 nitrogen and oxygen atoms in total. The first kappa shape index (κ1) is 50.5. The minimum atomic E-state index is -6.09. The minimum absolute atomic E-state index is 0. The van der Waals surface area contributed by atoms with Crippen molar-refractivity contribution >= 4 is 25.8 Å². The Morgan fingerprint density at radius 2 is 1.09 bits per heavy atom. The van der Waals surface area contributed by atoms with E-state index in [1.807, 2.05) is 12.1 Å². The first-order valence-electron chi connectivity index (χ1n) is 7.28. The van der Waals surface area contributed by atoms with Gasteiger partial charge in [0.25, 0.3) is 0 Å². The van der Waals surface area contributed by atoms with Crippen molar-refractivity contribution in [3.05, 3.63) is 35.9 Å². The third-order valence-corrected chi connectivity index (χ3v) is 4.20. The number of allylic oxidation sites excluding steroid dienone is 2. The van der Waals surface area contributed by atoms with Gasteiger partial charge in [-0.2, -0.15) is 26.3 Å². The summed E-state index contributed by atoms with van der Waals surface area (Å²) in [5.74, 6) is 0.933. The van der Waals surface area contributed by atoms with Crippen LogP contribution in [0.4, 0.5) is 26.3 Å². The van der Waals surface area contributed by atoms with Crippen LogP contribution in [0.2, 0.25) is 0 Å². The molecule has 21 heteroatoms. The van der Waals surface area contributed by atoms with E-state index < -0.39 is 31.3 Å². The summed E-state index contributed by atoms with van der Waals surface area (Å²) < 4.78 is 123. The van der Waals surface area contributed by atoms with Crippen molar-refractivity contribution in [2.75, 3.05) is 7.11 Å². The van der Waals surface area contributed by atoms with Gasteiger partial charge in [0.05, 0.1) is 7.11 Å². The average Bonchev–Trinajstić information content (AvgIpc) is 3.07. The van der Waals surface area contributed by atoms with Crippen LogP contribution in [0.3, 0.4) is 0 Å². The molecule has 35 heavy (non-hydrogen) atoms. The Balaban J connectivity index is -0.0000000647. The maximum absolute atomic E-state index is 10.7. The maximum Gasteiger partial charge on any atom is 2.00 e. The smallest absolute Gasteiger partial charge is 0.741 e. The van der Waals surface area contributed by atoms with E-state index in [1.54, 1.807) is 7.11 Å². The standard InChI is InChI=1S/C12H14O.2CHF3O3S.5H3N.Os/c1-13-12-8-6-11(7-9-12)10-4-2-3-5-10;2*2-1(3,4)8(5,6)7;;;;;;/h4,6-9H,2-3,5H2,1H3;2*(H,5,6,7);5*1H3;/q;;;;;;;;+2/p-2. The number of hydrogen-bond acceptors (Lipinski definition) is 12. The van der Waals surface area contributed by atoms with E-state index in [1.165, 1.54) is 30.4 Å². The molecule has 0 radical (unpaired) electrons. The van der Waals surface area contributed by atoms with Gasteiger partial charge >= 0.3 is 30.8 Å². The van der Waals surface area contributed by atoms with E-state index >= 15 is 0 Å². The molecular weight excluding hydrogens is 719 g/mol. The van der Waals surface area contributed by atoms with E-state index in [4.69, 9.17) is 30.7 Å². The van der Waals surface area contributed by atoms with Gasteiger partial charge in [-0.15, -0.1) is 0 Å². The summed E-state index contributed by atoms with van der Waals surface area (Å²) in [7, 11) is -10.5. The quantitative estimate of drug-likeness (QED) is 0.162. The monoisotopic (exact) mass is 749 g/mol. The number of rotatable bonds is 2. The Morgan fingerprint density at radius 1 is 0.771 bits per heavy atom. The average molecular weight is 748 g/mol. The van der Waals surface area contributed by atoms with Crippen LogP contribution in [-0.4, -0.2) is 44.1 Å². The minimum Gasteiger partial charge on any atom is -0.741 e. The molecule has 214 valence electrons. The molecule has 0 aliphatic heterocycles. The Morgan fingerprint density at radius 3 is 1.29 bits per heavy atom. The maximum atomic E-state index is 10.7. The number of alkyl halides is 6. The van der Waals surface area contributed by atoms with Crippen LogP contribution in [0.25, 0.3) is 5.57 Å². The van der Waals surface area contributed by atoms with E-state index in [9.17, 15) is 26.3 Å². The van der Waals surface area contributed by atoms with Crippen molar-refractivity contribution < 1.29 is 76.8 Å². The largest absolute Gasteiger partial charge is 2.00 e. The molecule has 1 aliphatic rings. The summed E-state index contributed by atoms with van der Waals surface area (Å²) in [5.41, 5.74) is -8.46. The van der Waals surface area contributed by atoms with Crippen LogP contribution in [0, 0.1) is 0 Å². The van der Waals surface area contributed by atoms with Crippen molar-refractivity contribution in [2.45, 2.75) is 30.3 Å². The topological polar surface area (TPSA) is 299 Å². The molecule has 1 aromatic carbocycles. The van der Waals surface area contributed by atoms with Crippen LogP contribution in [0.15, 0.2) is 30.3 Å². The molecule has 0 bridgehead atoms. The zero-order valence-electron chi connectivity index (χ0n) is 18.3. The number of halogens is 6. The van der Waals surface area contributed by atoms with E-state index in [-0.39, 0.29) is 50.5 Å². The van der Waals surface area contributed by atoms with Gasteiger partial charge in [0.15, 0.2) is 20.2 Å². The molecule has 0 fully saturated rings. The molecule has 0 unspecified atom stereocenters. The van der Waals surface area contributed by atoms with Gasteiger partial charge < -0.3 is 44.6 Å². The molecule has 2 rings (SSSR count). The predicted octanol–water partition coefficient (Wildman–Crippen LogP) is 4.17. The zero-order valence-corrected chi connectivity index (χ0v) is 22.5. The Kier molecular flexibility index (Phi) is 28.5. The summed E-state index contributed by atoms with van der Waals surface area (Å²) >= 11 is 0. The summed E-state index contributed by atoms with van der Waals surface area (Å²) in [6, 6.07) is 8.31. The summed E-state index contributed by atoms with van der Waals surface area (Å²) in [4.78, 5) is 0. The second-order valence-electron chi connectivity index (χ2n) is 5.15. The predicted molar refractivity (Wildman–Crippen MR) is 111 cm³/mol. The molecule has 0 amide bonds. The zero-order chi connectivity index (χ0) is 23.1. The van der Waals surface area contributed by atoms with E-state index in [0.717, 1.165) is 5.75 Å². The summed E-state index contributed by atoms with van der Waals surface area (Å²) in [6.45, 7) is 0. The van der Waals surface area contributed by atoms with Gasteiger partial charge in [0, 0.05) is 0 Å². The number of methoxy groups -OCH3 is 1. The van der Waals surface area contributed by atoms with Crippen molar-refractivity contribution in [2.24, 2.45) is 0 Å². The molecule has 0 spiro atoms. The molecular formula is C14H29F6N5O7OsS2. The summed E-state index contributed by atoms with van der Waals surface area (Å²) in [6.07, 6.45) is 6.11. The molecule has 0 heterocycles. The van der Waals surface area contributed by atoms with Crippen LogP contribution in [0.1, 0.15) is 24.8 Å². The normalized spacial score (nSPS) is 12.2. The van der Waals surface area contributed by atoms with Crippen molar-refractivity contribution in [3.63, 3.8) is 0 Å². The molecule has 1 aliphatic carbocycles. The molecule has 0 aromatic heterocycles. The SMILES string of the molecule is COc1ccc(C2=CCCC2)cc1.N.N.N.N.N.O=S(=O)([O-])C(F)(F)F.O=S(=O)([O-])C(F)(F)F.[Os+2]. The fraction of sp³-hybridized carbons (Fsp3) is 0.429. The fourth-order valence-corrected chi connectivity index (χ4v) is 1.74. The molecule has 0 atom stereocenters. The third kappa shape index (κ3) is 19.5. The second kappa shape index (κ2) is 19.7. The Labute approximate surface area is 212 Å². The van der Waals surface area contributed by atoms with Crippen LogP contribution in [0.5, 0.6) is 5.75 Å². The van der Waals surface area contributed by atoms with E-state index in [2.05, 4.69) is 18.2 Å². The Hall–Kier alpha value is -1.40. The van der Waals surface area contributed by atoms with Gasteiger partial charge in [-0.05, 0) is 42.5 Å². The number of hydrogen-bond donors (Lipinski definition) is 5. The first-order valence-corrected chi connectivity index (χ1v) is 10.1. The summed E-state index contributed by atoms with van der Waals surface area (Å²) in [5, 5.41) is 0. The number of benzene rings is 1. The van der Waals surface area contributed by atoms with Gasteiger partial charge in [0.1, 0.15) is 5.75 Å². The van der Waals surface area contributed by atoms with Crippen LogP contribution >= 0.6 is 0 Å². The van der Waals surface area contributed by atoms with Crippen LogP contribution < -0.4 is 35.5 Å². The fourth-order valence-electron chi connectivity index (χ4n) is 1.74. The van der Waals surface area contributed by atoms with Crippen molar-refractivity contribution in [1.82, 2.24) is 30.8 Å².